The molecule has 39 heavy (non-hydrogen) atoms. The van der Waals surface area contributed by atoms with Crippen LogP contribution < -0.4 is 9.64 Å². The van der Waals surface area contributed by atoms with Gasteiger partial charge in [-0.2, -0.15) is 0 Å². The van der Waals surface area contributed by atoms with E-state index in [2.05, 4.69) is 56.8 Å². The van der Waals surface area contributed by atoms with Crippen LogP contribution in [0.4, 0.5) is 5.69 Å². The molecule has 0 bridgehead atoms. The molecule has 0 unspecified atom stereocenters. The molecule has 7 nitrogen and oxygen atoms in total. The summed E-state index contributed by atoms with van der Waals surface area (Å²) in [5.41, 5.74) is 3.42. The summed E-state index contributed by atoms with van der Waals surface area (Å²) in [4.78, 5) is 24.7. The van der Waals surface area contributed by atoms with Gasteiger partial charge in [-0.3, -0.25) is 9.69 Å². The Morgan fingerprint density at radius 2 is 1.46 bits per heavy atom. The summed E-state index contributed by atoms with van der Waals surface area (Å²) >= 11 is 0. The highest BCUT2D eigenvalue weighted by Crippen LogP contribution is 2.25. The van der Waals surface area contributed by atoms with Crippen LogP contribution in [0.15, 0.2) is 84.9 Å². The number of piperidine rings is 1. The van der Waals surface area contributed by atoms with E-state index in [0.29, 0.717) is 19.1 Å². The van der Waals surface area contributed by atoms with Crippen LogP contribution in [0.2, 0.25) is 0 Å². The molecular weight excluding hydrogens is 486 g/mol. The maximum absolute atomic E-state index is 13.1. The maximum Gasteiger partial charge on any atom is 0.236 e. The van der Waals surface area contributed by atoms with E-state index in [1.54, 1.807) is 0 Å². The van der Waals surface area contributed by atoms with Gasteiger partial charge in [0, 0.05) is 38.4 Å². The molecule has 202 valence electrons. The second-order valence-electron chi connectivity index (χ2n) is 10.7. The zero-order chi connectivity index (χ0) is 26.4. The predicted molar refractivity (Wildman–Crippen MR) is 155 cm³/mol. The van der Waals surface area contributed by atoms with Gasteiger partial charge in [0.05, 0.1) is 17.6 Å². The number of anilines is 1. The Balaban J connectivity index is 1.01. The van der Waals surface area contributed by atoms with Crippen LogP contribution in [0, 0.1) is 5.92 Å². The van der Waals surface area contributed by atoms with E-state index in [1.165, 1.54) is 5.69 Å². The highest BCUT2D eigenvalue weighted by atomic mass is 16.5. The average molecular weight is 524 g/mol. The molecule has 1 amide bonds. The first-order chi connectivity index (χ1) is 19.2. The predicted octanol–water partition coefficient (Wildman–Crippen LogP) is 4.68. The van der Waals surface area contributed by atoms with Gasteiger partial charge in [0.1, 0.15) is 18.2 Å². The van der Waals surface area contributed by atoms with Crippen molar-refractivity contribution in [2.75, 3.05) is 50.7 Å². The summed E-state index contributed by atoms with van der Waals surface area (Å²) in [6.07, 6.45) is 2.17. The van der Waals surface area contributed by atoms with Gasteiger partial charge in [-0.1, -0.05) is 48.5 Å². The lowest BCUT2D eigenvalue weighted by molar-refractivity contribution is -0.133. The minimum absolute atomic E-state index is 0.266. The fourth-order valence-corrected chi connectivity index (χ4v) is 5.83. The van der Waals surface area contributed by atoms with Crippen molar-refractivity contribution in [3.05, 3.63) is 90.8 Å². The van der Waals surface area contributed by atoms with Gasteiger partial charge in [0.15, 0.2) is 0 Å². The number of carbonyl (C=O) groups excluding carboxylic acids is 1. The van der Waals surface area contributed by atoms with Crippen molar-refractivity contribution in [2.24, 2.45) is 5.92 Å². The van der Waals surface area contributed by atoms with Crippen LogP contribution in [-0.4, -0.2) is 71.1 Å². The first-order valence-corrected chi connectivity index (χ1v) is 14.1. The number of fused-ring (bicyclic) bond motifs is 1. The fraction of sp³-hybridized carbons (Fsp3) is 0.375. The third-order valence-electron chi connectivity index (χ3n) is 8.11. The summed E-state index contributed by atoms with van der Waals surface area (Å²) in [7, 11) is 0. The Labute approximate surface area is 230 Å². The van der Waals surface area contributed by atoms with Crippen molar-refractivity contribution >= 4 is 22.6 Å². The second-order valence-corrected chi connectivity index (χ2v) is 10.7. The van der Waals surface area contributed by atoms with Gasteiger partial charge >= 0.3 is 0 Å². The number of amides is 1. The Hall–Kier alpha value is -3.84. The first kappa shape index (κ1) is 25.4. The number of carbonyl (C=O) groups is 1. The molecule has 2 aliphatic rings. The Morgan fingerprint density at radius 1 is 0.795 bits per heavy atom. The van der Waals surface area contributed by atoms with Crippen LogP contribution in [-0.2, 0) is 17.9 Å². The van der Waals surface area contributed by atoms with Crippen LogP contribution in [0.1, 0.15) is 18.7 Å². The van der Waals surface area contributed by atoms with Crippen molar-refractivity contribution in [3.63, 3.8) is 0 Å². The number of imidazole rings is 1. The molecule has 0 N–H and O–H groups in total. The molecule has 0 saturated carbocycles. The van der Waals surface area contributed by atoms with Gasteiger partial charge in [-0.05, 0) is 68.2 Å². The number of nitrogens with zero attached hydrogens (tertiary/aromatic N) is 5. The minimum Gasteiger partial charge on any atom is -0.486 e. The largest absolute Gasteiger partial charge is 0.486 e. The molecule has 0 atom stereocenters. The van der Waals surface area contributed by atoms with Gasteiger partial charge < -0.3 is 19.1 Å². The number of benzene rings is 3. The molecule has 0 aliphatic carbocycles. The summed E-state index contributed by atoms with van der Waals surface area (Å²) < 4.78 is 8.41. The SMILES string of the molecule is O=C(CN1CCC(Cn2c(COc3ccccc3)nc3ccccc32)CC1)N1CCN(c2ccccc2)CC1. The number of aromatic nitrogens is 2. The molecule has 3 heterocycles. The zero-order valence-corrected chi connectivity index (χ0v) is 22.5. The monoisotopic (exact) mass is 523 g/mol. The van der Waals surface area contributed by atoms with Crippen LogP contribution in [0.3, 0.4) is 0 Å². The average Bonchev–Trinajstić information content (AvgIpc) is 3.35. The van der Waals surface area contributed by atoms with Crippen molar-refractivity contribution < 1.29 is 9.53 Å². The van der Waals surface area contributed by atoms with E-state index < -0.39 is 0 Å². The number of likely N-dealkylation sites (tertiary alicyclic amines) is 1. The molecule has 2 aliphatic heterocycles. The molecule has 3 aromatic carbocycles. The van der Waals surface area contributed by atoms with Crippen molar-refractivity contribution in [1.29, 1.82) is 0 Å². The standard InChI is InChI=1S/C32H37N5O2/c38-32(36-21-19-35(20-22-36)27-9-3-1-4-10-27)24-34-17-15-26(16-18-34)23-37-30-14-8-7-13-29(30)33-31(37)25-39-28-11-5-2-6-12-28/h1-14,26H,15-25H2. The minimum atomic E-state index is 0.266. The van der Waals surface area contributed by atoms with Gasteiger partial charge in [0.25, 0.3) is 0 Å². The quantitative estimate of drug-likeness (QED) is 0.336. The first-order valence-electron chi connectivity index (χ1n) is 14.1. The third-order valence-corrected chi connectivity index (χ3v) is 8.11. The fourth-order valence-electron chi connectivity index (χ4n) is 5.83. The summed E-state index contributed by atoms with van der Waals surface area (Å²) in [5.74, 6) is 2.64. The molecule has 0 radical (unpaired) electrons. The third kappa shape index (κ3) is 6.09. The van der Waals surface area contributed by atoms with E-state index in [4.69, 9.17) is 9.72 Å². The molecule has 2 saturated heterocycles. The van der Waals surface area contributed by atoms with Crippen LogP contribution >= 0.6 is 0 Å². The Kier molecular flexibility index (Phi) is 7.77. The highest BCUT2D eigenvalue weighted by molar-refractivity contribution is 5.78. The number of rotatable bonds is 8. The normalized spacial score (nSPS) is 17.0. The number of hydrogen-bond donors (Lipinski definition) is 0. The van der Waals surface area contributed by atoms with Crippen molar-refractivity contribution in [3.8, 4) is 5.75 Å². The molecule has 4 aromatic rings. The Morgan fingerprint density at radius 3 is 2.21 bits per heavy atom. The number of ether oxygens (including phenoxy) is 1. The number of para-hydroxylation sites is 4. The molecule has 6 rings (SSSR count). The molecular formula is C32H37N5O2. The van der Waals surface area contributed by atoms with E-state index in [-0.39, 0.29) is 5.91 Å². The zero-order valence-electron chi connectivity index (χ0n) is 22.5. The van der Waals surface area contributed by atoms with E-state index >= 15 is 0 Å². The summed E-state index contributed by atoms with van der Waals surface area (Å²) in [6.45, 7) is 7.21. The van der Waals surface area contributed by atoms with Gasteiger partial charge in [-0.15, -0.1) is 0 Å². The van der Waals surface area contributed by atoms with Crippen molar-refractivity contribution in [1.82, 2.24) is 19.4 Å². The lowest BCUT2D eigenvalue weighted by Gasteiger charge is -2.38. The topological polar surface area (TPSA) is 53.8 Å². The van der Waals surface area contributed by atoms with Crippen molar-refractivity contribution in [2.45, 2.75) is 26.0 Å². The lowest BCUT2D eigenvalue weighted by atomic mass is 9.96. The number of piperazine rings is 1. The number of hydrogen-bond acceptors (Lipinski definition) is 5. The highest BCUT2D eigenvalue weighted by Gasteiger charge is 2.26. The molecule has 2 fully saturated rings. The molecule has 0 spiro atoms. The molecule has 7 heteroatoms. The summed E-state index contributed by atoms with van der Waals surface area (Å²) in [6, 6.07) is 28.8. The van der Waals surface area contributed by atoms with Crippen LogP contribution in [0.5, 0.6) is 5.75 Å². The summed E-state index contributed by atoms with van der Waals surface area (Å²) in [5, 5.41) is 0. The van der Waals surface area contributed by atoms with E-state index in [1.807, 2.05) is 47.4 Å². The van der Waals surface area contributed by atoms with Crippen LogP contribution in [0.25, 0.3) is 11.0 Å². The molecule has 1 aromatic heterocycles. The lowest BCUT2D eigenvalue weighted by Crippen LogP contribution is -2.52. The van der Waals surface area contributed by atoms with Gasteiger partial charge in [-0.25, -0.2) is 4.98 Å². The van der Waals surface area contributed by atoms with E-state index in [9.17, 15) is 4.79 Å². The Bertz CT molecular complexity index is 1360. The van der Waals surface area contributed by atoms with E-state index in [0.717, 1.165) is 81.3 Å². The van der Waals surface area contributed by atoms with Gasteiger partial charge in [0.2, 0.25) is 5.91 Å². The second kappa shape index (κ2) is 11.9. The maximum atomic E-state index is 13.1. The smallest absolute Gasteiger partial charge is 0.236 e.